The summed E-state index contributed by atoms with van der Waals surface area (Å²) in [5.41, 5.74) is 3.14. The van der Waals surface area contributed by atoms with E-state index in [1.165, 1.54) is 5.56 Å². The van der Waals surface area contributed by atoms with E-state index in [2.05, 4.69) is 41.2 Å². The minimum absolute atomic E-state index is 0.108. The van der Waals surface area contributed by atoms with Crippen molar-refractivity contribution < 1.29 is 4.79 Å². The molecule has 2 rings (SSSR count). The third kappa shape index (κ3) is 4.60. The highest BCUT2D eigenvalue weighted by Crippen LogP contribution is 2.19. The van der Waals surface area contributed by atoms with E-state index >= 15 is 0 Å². The molecule has 4 heteroatoms. The molecule has 0 saturated heterocycles. The molecule has 0 atom stereocenters. The quantitative estimate of drug-likeness (QED) is 0.794. The summed E-state index contributed by atoms with van der Waals surface area (Å²) in [5.74, 6) is 0.442. The maximum atomic E-state index is 12.3. The molecule has 3 nitrogen and oxygen atoms in total. The van der Waals surface area contributed by atoms with E-state index in [-0.39, 0.29) is 6.03 Å². The second kappa shape index (κ2) is 7.45. The van der Waals surface area contributed by atoms with Crippen LogP contribution in [0.3, 0.4) is 0 Å². The number of anilines is 1. The third-order valence-corrected chi connectivity index (χ3v) is 4.01. The van der Waals surface area contributed by atoms with Crippen LogP contribution in [0.15, 0.2) is 53.0 Å². The van der Waals surface area contributed by atoms with Gasteiger partial charge in [-0.15, -0.1) is 0 Å². The molecule has 2 aromatic rings. The standard InChI is InChI=1S/C18H21BrN2O/c1-13(2)15-5-4-6-17(11-15)20-18(22)21(3)12-14-7-9-16(19)10-8-14/h4-11,13H,12H2,1-3H3,(H,20,22). The Bertz CT molecular complexity index is 638. The second-order valence-electron chi connectivity index (χ2n) is 5.69. The van der Waals surface area contributed by atoms with Crippen LogP contribution in [0, 0.1) is 0 Å². The second-order valence-corrected chi connectivity index (χ2v) is 6.61. The summed E-state index contributed by atoms with van der Waals surface area (Å²) in [5, 5.41) is 2.95. The summed E-state index contributed by atoms with van der Waals surface area (Å²) in [6, 6.07) is 15.9. The van der Waals surface area contributed by atoms with Crippen molar-refractivity contribution in [2.75, 3.05) is 12.4 Å². The monoisotopic (exact) mass is 360 g/mol. The van der Waals surface area contributed by atoms with Gasteiger partial charge in [0.1, 0.15) is 0 Å². The van der Waals surface area contributed by atoms with Crippen molar-refractivity contribution in [3.8, 4) is 0 Å². The fraction of sp³-hybridized carbons (Fsp3) is 0.278. The van der Waals surface area contributed by atoms with Gasteiger partial charge in [0, 0.05) is 23.8 Å². The lowest BCUT2D eigenvalue weighted by molar-refractivity contribution is 0.220. The molecule has 0 heterocycles. The van der Waals surface area contributed by atoms with Crippen LogP contribution in [0.4, 0.5) is 10.5 Å². The Hall–Kier alpha value is -1.81. The van der Waals surface area contributed by atoms with Crippen LogP contribution in [0.25, 0.3) is 0 Å². The third-order valence-electron chi connectivity index (χ3n) is 3.48. The molecule has 0 unspecified atom stereocenters. The molecule has 0 fully saturated rings. The molecule has 2 amide bonds. The predicted molar refractivity (Wildman–Crippen MR) is 95.2 cm³/mol. The highest BCUT2D eigenvalue weighted by atomic mass is 79.9. The topological polar surface area (TPSA) is 32.3 Å². The van der Waals surface area contributed by atoms with E-state index in [9.17, 15) is 4.79 Å². The van der Waals surface area contributed by atoms with Gasteiger partial charge in [-0.2, -0.15) is 0 Å². The average Bonchev–Trinajstić information content (AvgIpc) is 2.49. The van der Waals surface area contributed by atoms with E-state index in [4.69, 9.17) is 0 Å². The number of nitrogens with zero attached hydrogens (tertiary/aromatic N) is 1. The number of hydrogen-bond donors (Lipinski definition) is 1. The van der Waals surface area contributed by atoms with Crippen molar-refractivity contribution >= 4 is 27.6 Å². The number of hydrogen-bond acceptors (Lipinski definition) is 1. The highest BCUT2D eigenvalue weighted by molar-refractivity contribution is 9.10. The van der Waals surface area contributed by atoms with Gasteiger partial charge in [0.2, 0.25) is 0 Å². The van der Waals surface area contributed by atoms with Gasteiger partial charge in [-0.1, -0.05) is 54.0 Å². The van der Waals surface area contributed by atoms with E-state index in [1.54, 1.807) is 11.9 Å². The fourth-order valence-corrected chi connectivity index (χ4v) is 2.39. The first-order valence-corrected chi connectivity index (χ1v) is 8.11. The maximum absolute atomic E-state index is 12.3. The molecule has 0 bridgehead atoms. The van der Waals surface area contributed by atoms with Gasteiger partial charge in [0.15, 0.2) is 0 Å². The van der Waals surface area contributed by atoms with Crippen molar-refractivity contribution in [2.45, 2.75) is 26.3 Å². The molecule has 22 heavy (non-hydrogen) atoms. The fourth-order valence-electron chi connectivity index (χ4n) is 2.13. The number of carbonyl (C=O) groups excluding carboxylic acids is 1. The number of halogens is 1. The van der Waals surface area contributed by atoms with Crippen LogP contribution in [0.2, 0.25) is 0 Å². The minimum atomic E-state index is -0.108. The summed E-state index contributed by atoms with van der Waals surface area (Å²) < 4.78 is 1.04. The van der Waals surface area contributed by atoms with Crippen molar-refractivity contribution in [2.24, 2.45) is 0 Å². The summed E-state index contributed by atoms with van der Waals surface area (Å²) >= 11 is 3.41. The summed E-state index contributed by atoms with van der Waals surface area (Å²) in [6.45, 7) is 4.85. The molecular formula is C18H21BrN2O. The molecule has 0 aliphatic heterocycles. The van der Waals surface area contributed by atoms with Crippen LogP contribution in [0.5, 0.6) is 0 Å². The van der Waals surface area contributed by atoms with Crippen molar-refractivity contribution in [1.82, 2.24) is 4.90 Å². The molecule has 1 N–H and O–H groups in total. The molecule has 0 spiro atoms. The Morgan fingerprint density at radius 1 is 1.18 bits per heavy atom. The van der Waals surface area contributed by atoms with Crippen LogP contribution in [0.1, 0.15) is 30.9 Å². The molecule has 2 aromatic carbocycles. The summed E-state index contributed by atoms with van der Waals surface area (Å²) in [7, 11) is 1.80. The molecule has 0 aliphatic rings. The number of amides is 2. The SMILES string of the molecule is CC(C)c1cccc(NC(=O)N(C)Cc2ccc(Br)cc2)c1. The summed E-state index contributed by atoms with van der Waals surface area (Å²) in [4.78, 5) is 13.9. The Morgan fingerprint density at radius 2 is 1.86 bits per heavy atom. The van der Waals surface area contributed by atoms with E-state index in [0.717, 1.165) is 15.7 Å². The lowest BCUT2D eigenvalue weighted by atomic mass is 10.0. The Morgan fingerprint density at radius 3 is 2.50 bits per heavy atom. The largest absolute Gasteiger partial charge is 0.323 e. The van der Waals surface area contributed by atoms with E-state index in [1.807, 2.05) is 42.5 Å². The zero-order valence-corrected chi connectivity index (χ0v) is 14.7. The summed E-state index contributed by atoms with van der Waals surface area (Å²) in [6.07, 6.45) is 0. The first-order chi connectivity index (χ1) is 10.5. The number of benzene rings is 2. The highest BCUT2D eigenvalue weighted by Gasteiger charge is 2.10. The van der Waals surface area contributed by atoms with Gasteiger partial charge in [0.05, 0.1) is 0 Å². The minimum Gasteiger partial charge on any atom is -0.323 e. The average molecular weight is 361 g/mol. The molecule has 116 valence electrons. The zero-order valence-electron chi connectivity index (χ0n) is 13.1. The van der Waals surface area contributed by atoms with Gasteiger partial charge in [0.25, 0.3) is 0 Å². The van der Waals surface area contributed by atoms with Crippen LogP contribution >= 0.6 is 15.9 Å². The molecular weight excluding hydrogens is 340 g/mol. The van der Waals surface area contributed by atoms with Gasteiger partial charge < -0.3 is 10.2 Å². The van der Waals surface area contributed by atoms with Crippen LogP contribution in [-0.2, 0) is 6.54 Å². The van der Waals surface area contributed by atoms with Gasteiger partial charge in [-0.25, -0.2) is 4.79 Å². The lowest BCUT2D eigenvalue weighted by Crippen LogP contribution is -2.30. The molecule has 0 aliphatic carbocycles. The van der Waals surface area contributed by atoms with Gasteiger partial charge in [-0.3, -0.25) is 0 Å². The number of urea groups is 1. The van der Waals surface area contributed by atoms with Gasteiger partial charge >= 0.3 is 6.03 Å². The van der Waals surface area contributed by atoms with Crippen molar-refractivity contribution in [1.29, 1.82) is 0 Å². The predicted octanol–water partition coefficient (Wildman–Crippen LogP) is 5.24. The number of nitrogens with one attached hydrogen (secondary N) is 1. The molecule has 0 aromatic heterocycles. The Balaban J connectivity index is 1.99. The first-order valence-electron chi connectivity index (χ1n) is 7.32. The maximum Gasteiger partial charge on any atom is 0.321 e. The Kier molecular flexibility index (Phi) is 5.61. The van der Waals surface area contributed by atoms with E-state index in [0.29, 0.717) is 12.5 Å². The van der Waals surface area contributed by atoms with Crippen molar-refractivity contribution in [3.63, 3.8) is 0 Å². The Labute approximate surface area is 140 Å². The normalized spacial score (nSPS) is 10.6. The zero-order chi connectivity index (χ0) is 16.1. The van der Waals surface area contributed by atoms with Crippen LogP contribution in [-0.4, -0.2) is 18.0 Å². The smallest absolute Gasteiger partial charge is 0.321 e. The van der Waals surface area contributed by atoms with Crippen molar-refractivity contribution in [3.05, 3.63) is 64.1 Å². The van der Waals surface area contributed by atoms with Crippen LogP contribution < -0.4 is 5.32 Å². The molecule has 0 saturated carbocycles. The number of rotatable bonds is 4. The van der Waals surface area contributed by atoms with Gasteiger partial charge in [-0.05, 0) is 41.3 Å². The first kappa shape index (κ1) is 16.6. The lowest BCUT2D eigenvalue weighted by Gasteiger charge is -2.18. The molecule has 0 radical (unpaired) electrons. The number of carbonyl (C=O) groups is 1. The van der Waals surface area contributed by atoms with E-state index < -0.39 is 0 Å².